The van der Waals surface area contributed by atoms with Crippen LogP contribution in [0.15, 0.2) is 35.7 Å². The molecule has 2 N–H and O–H groups in total. The number of carbonyl (C=O) groups is 1. The molecule has 0 aliphatic carbocycles. The van der Waals surface area contributed by atoms with Gasteiger partial charge in [0.05, 0.1) is 10.0 Å². The average molecular weight is 330 g/mol. The second-order valence-electron chi connectivity index (χ2n) is 4.46. The molecule has 1 aromatic heterocycles. The van der Waals surface area contributed by atoms with Crippen molar-refractivity contribution < 1.29 is 9.90 Å². The summed E-state index contributed by atoms with van der Waals surface area (Å²) in [4.78, 5) is 12.7. The molecule has 1 atom stereocenters. The summed E-state index contributed by atoms with van der Waals surface area (Å²) >= 11 is 13.7. The van der Waals surface area contributed by atoms with E-state index in [2.05, 4.69) is 5.32 Å². The smallest absolute Gasteiger partial charge is 0.328 e. The van der Waals surface area contributed by atoms with Crippen LogP contribution in [0.25, 0.3) is 0 Å². The molecule has 1 aromatic carbocycles. The van der Waals surface area contributed by atoms with Gasteiger partial charge in [-0.05, 0) is 24.4 Å². The Labute approximate surface area is 131 Å². The molecule has 1 heterocycles. The standard InChI is InChI=1S/C14H13Cl2NO2S/c1-14(13(18)19,17-8-9-4-3-7-20-9)10-5-2-6-11(15)12(10)16/h2-7,17H,8H2,1H3,(H,18,19). The zero-order valence-corrected chi connectivity index (χ0v) is 13.0. The molecule has 20 heavy (non-hydrogen) atoms. The van der Waals surface area contributed by atoms with Gasteiger partial charge in [0.1, 0.15) is 5.54 Å². The number of nitrogens with one attached hydrogen (secondary N) is 1. The molecule has 106 valence electrons. The molecule has 0 spiro atoms. The highest BCUT2D eigenvalue weighted by molar-refractivity contribution is 7.09. The molecule has 0 aliphatic heterocycles. The molecule has 0 saturated carbocycles. The second-order valence-corrected chi connectivity index (χ2v) is 6.28. The number of carboxylic acids is 1. The van der Waals surface area contributed by atoms with Crippen molar-refractivity contribution in [2.45, 2.75) is 19.0 Å². The number of rotatable bonds is 5. The highest BCUT2D eigenvalue weighted by atomic mass is 35.5. The maximum Gasteiger partial charge on any atom is 0.328 e. The zero-order valence-electron chi connectivity index (χ0n) is 10.7. The molecular weight excluding hydrogens is 317 g/mol. The Morgan fingerprint density at radius 2 is 2.10 bits per heavy atom. The van der Waals surface area contributed by atoms with E-state index in [4.69, 9.17) is 23.2 Å². The Balaban J connectivity index is 2.33. The molecule has 0 amide bonds. The quantitative estimate of drug-likeness (QED) is 0.866. The summed E-state index contributed by atoms with van der Waals surface area (Å²) in [5, 5.41) is 15.2. The zero-order chi connectivity index (χ0) is 14.8. The van der Waals surface area contributed by atoms with Crippen LogP contribution in [-0.4, -0.2) is 11.1 Å². The normalized spacial score (nSPS) is 13.9. The first-order valence-corrected chi connectivity index (χ1v) is 7.54. The van der Waals surface area contributed by atoms with E-state index in [1.165, 1.54) is 0 Å². The first-order valence-electron chi connectivity index (χ1n) is 5.90. The lowest BCUT2D eigenvalue weighted by Gasteiger charge is -2.28. The van der Waals surface area contributed by atoms with Gasteiger partial charge >= 0.3 is 5.97 Å². The topological polar surface area (TPSA) is 49.3 Å². The summed E-state index contributed by atoms with van der Waals surface area (Å²) in [6, 6.07) is 8.86. The van der Waals surface area contributed by atoms with Gasteiger partial charge in [0.15, 0.2) is 0 Å². The van der Waals surface area contributed by atoms with Crippen LogP contribution in [-0.2, 0) is 16.9 Å². The van der Waals surface area contributed by atoms with Gasteiger partial charge in [-0.3, -0.25) is 5.32 Å². The van der Waals surface area contributed by atoms with Crippen LogP contribution >= 0.6 is 34.5 Å². The van der Waals surface area contributed by atoms with E-state index in [1.54, 1.807) is 36.5 Å². The number of hydrogen-bond donors (Lipinski definition) is 2. The van der Waals surface area contributed by atoms with Gasteiger partial charge in [-0.25, -0.2) is 4.79 Å². The number of halogens is 2. The summed E-state index contributed by atoms with van der Waals surface area (Å²) in [6.45, 7) is 2.03. The Bertz CT molecular complexity index is 616. The molecule has 2 rings (SSSR count). The minimum Gasteiger partial charge on any atom is -0.480 e. The van der Waals surface area contributed by atoms with Crippen molar-refractivity contribution in [3.8, 4) is 0 Å². The monoisotopic (exact) mass is 329 g/mol. The molecule has 0 saturated heterocycles. The van der Waals surface area contributed by atoms with Crippen molar-refractivity contribution in [2.75, 3.05) is 0 Å². The van der Waals surface area contributed by atoms with E-state index in [0.717, 1.165) is 4.88 Å². The van der Waals surface area contributed by atoms with Crippen LogP contribution in [0.4, 0.5) is 0 Å². The minimum absolute atomic E-state index is 0.262. The predicted octanol–water partition coefficient (Wildman–Crippen LogP) is 4.14. The highest BCUT2D eigenvalue weighted by Gasteiger charge is 2.37. The van der Waals surface area contributed by atoms with Crippen LogP contribution in [0, 0.1) is 0 Å². The fourth-order valence-electron chi connectivity index (χ4n) is 1.85. The molecule has 3 nitrogen and oxygen atoms in total. The first-order chi connectivity index (χ1) is 9.45. The number of thiophene rings is 1. The maximum atomic E-state index is 11.7. The summed E-state index contributed by atoms with van der Waals surface area (Å²) < 4.78 is 0. The highest BCUT2D eigenvalue weighted by Crippen LogP contribution is 2.33. The Kier molecular flexibility index (Phi) is 4.70. The SMILES string of the molecule is CC(NCc1cccs1)(C(=O)O)c1cccc(Cl)c1Cl. The van der Waals surface area contributed by atoms with Crippen molar-refractivity contribution >= 4 is 40.5 Å². The lowest BCUT2D eigenvalue weighted by Crippen LogP contribution is -2.46. The third kappa shape index (κ3) is 2.99. The van der Waals surface area contributed by atoms with Gasteiger partial charge in [0, 0.05) is 17.0 Å². The fraction of sp³-hybridized carbons (Fsp3) is 0.214. The molecule has 0 fully saturated rings. The minimum atomic E-state index is -1.30. The second kappa shape index (κ2) is 6.14. The number of benzene rings is 1. The van der Waals surface area contributed by atoms with Crippen molar-refractivity contribution in [1.82, 2.24) is 5.32 Å². The molecule has 0 aliphatic rings. The third-order valence-electron chi connectivity index (χ3n) is 3.11. The van der Waals surface area contributed by atoms with Gasteiger partial charge in [-0.15, -0.1) is 11.3 Å². The van der Waals surface area contributed by atoms with Crippen LogP contribution < -0.4 is 5.32 Å². The van der Waals surface area contributed by atoms with E-state index in [-0.39, 0.29) is 5.02 Å². The van der Waals surface area contributed by atoms with Gasteiger partial charge < -0.3 is 5.11 Å². The molecular formula is C14H13Cl2NO2S. The van der Waals surface area contributed by atoms with E-state index in [0.29, 0.717) is 17.1 Å². The fourth-order valence-corrected chi connectivity index (χ4v) is 2.99. The van der Waals surface area contributed by atoms with Gasteiger partial charge in [0.2, 0.25) is 0 Å². The van der Waals surface area contributed by atoms with Crippen molar-refractivity contribution in [2.24, 2.45) is 0 Å². The van der Waals surface area contributed by atoms with Crippen LogP contribution in [0.2, 0.25) is 10.0 Å². The summed E-state index contributed by atoms with van der Waals surface area (Å²) in [7, 11) is 0. The molecule has 6 heteroatoms. The van der Waals surface area contributed by atoms with E-state index >= 15 is 0 Å². The van der Waals surface area contributed by atoms with E-state index < -0.39 is 11.5 Å². The van der Waals surface area contributed by atoms with Crippen molar-refractivity contribution in [3.05, 3.63) is 56.2 Å². The summed E-state index contributed by atoms with van der Waals surface area (Å²) in [5.41, 5.74) is -0.845. The lowest BCUT2D eigenvalue weighted by atomic mass is 9.92. The molecule has 0 bridgehead atoms. The van der Waals surface area contributed by atoms with Crippen LogP contribution in [0.3, 0.4) is 0 Å². The van der Waals surface area contributed by atoms with Gasteiger partial charge in [-0.2, -0.15) is 0 Å². The predicted molar refractivity (Wildman–Crippen MR) is 82.6 cm³/mol. The molecule has 0 radical (unpaired) electrons. The Morgan fingerprint density at radius 1 is 1.35 bits per heavy atom. The summed E-state index contributed by atoms with van der Waals surface area (Å²) in [5.74, 6) is -1.00. The molecule has 2 aromatic rings. The third-order valence-corrected chi connectivity index (χ3v) is 4.81. The van der Waals surface area contributed by atoms with E-state index in [9.17, 15) is 9.90 Å². The average Bonchev–Trinajstić information content (AvgIpc) is 2.92. The lowest BCUT2D eigenvalue weighted by molar-refractivity contribution is -0.144. The van der Waals surface area contributed by atoms with E-state index in [1.807, 2.05) is 17.5 Å². The Morgan fingerprint density at radius 3 is 2.70 bits per heavy atom. The Hall–Kier alpha value is -1.07. The number of hydrogen-bond acceptors (Lipinski definition) is 3. The van der Waals surface area contributed by atoms with Gasteiger partial charge in [0.25, 0.3) is 0 Å². The maximum absolute atomic E-state index is 11.7. The number of carboxylic acid groups (broad SMARTS) is 1. The number of aliphatic carboxylic acids is 1. The summed E-state index contributed by atoms with van der Waals surface area (Å²) in [6.07, 6.45) is 0. The first kappa shape index (κ1) is 15.3. The molecule has 1 unspecified atom stereocenters. The van der Waals surface area contributed by atoms with Crippen LogP contribution in [0.1, 0.15) is 17.4 Å². The van der Waals surface area contributed by atoms with Gasteiger partial charge in [-0.1, -0.05) is 41.4 Å². The van der Waals surface area contributed by atoms with Crippen molar-refractivity contribution in [3.63, 3.8) is 0 Å². The van der Waals surface area contributed by atoms with Crippen molar-refractivity contribution in [1.29, 1.82) is 0 Å². The van der Waals surface area contributed by atoms with Crippen LogP contribution in [0.5, 0.6) is 0 Å². The largest absolute Gasteiger partial charge is 0.480 e.